The Morgan fingerprint density at radius 2 is 2.00 bits per heavy atom. The van der Waals surface area contributed by atoms with Crippen LogP contribution >= 0.6 is 0 Å². The fourth-order valence-electron chi connectivity index (χ4n) is 3.13. The quantitative estimate of drug-likeness (QED) is 0.740. The van der Waals surface area contributed by atoms with E-state index in [2.05, 4.69) is 24.1 Å². The van der Waals surface area contributed by atoms with E-state index in [0.717, 1.165) is 31.7 Å². The first-order chi connectivity index (χ1) is 9.07. The molecule has 0 bridgehead atoms. The second-order valence-corrected chi connectivity index (χ2v) is 5.99. The van der Waals surface area contributed by atoms with Gasteiger partial charge in [0.05, 0.1) is 6.54 Å². The summed E-state index contributed by atoms with van der Waals surface area (Å²) in [4.78, 5) is 14.2. The van der Waals surface area contributed by atoms with E-state index in [4.69, 9.17) is 5.73 Å². The van der Waals surface area contributed by atoms with Gasteiger partial charge in [-0.05, 0) is 51.5 Å². The largest absolute Gasteiger partial charge is 0.355 e. The van der Waals surface area contributed by atoms with Gasteiger partial charge < -0.3 is 11.1 Å². The minimum Gasteiger partial charge on any atom is -0.355 e. The molecule has 19 heavy (non-hydrogen) atoms. The Kier molecular flexibility index (Phi) is 6.80. The Labute approximate surface area is 118 Å². The second kappa shape index (κ2) is 7.85. The summed E-state index contributed by atoms with van der Waals surface area (Å²) in [6.07, 6.45) is 5.78. The van der Waals surface area contributed by atoms with Crippen LogP contribution in [0, 0.1) is 5.92 Å². The van der Waals surface area contributed by atoms with Gasteiger partial charge in [0, 0.05) is 18.6 Å². The normalized spacial score (nSPS) is 27.5. The molecule has 0 unspecified atom stereocenters. The van der Waals surface area contributed by atoms with E-state index in [1.54, 1.807) is 0 Å². The predicted octanol–water partition coefficient (Wildman–Crippen LogP) is 1.74. The highest BCUT2D eigenvalue weighted by molar-refractivity contribution is 5.78. The van der Waals surface area contributed by atoms with Gasteiger partial charge in [-0.1, -0.05) is 13.8 Å². The molecule has 0 spiro atoms. The van der Waals surface area contributed by atoms with E-state index < -0.39 is 0 Å². The zero-order chi connectivity index (χ0) is 14.3. The summed E-state index contributed by atoms with van der Waals surface area (Å²) in [6, 6.07) is 0. The number of hydrogen-bond donors (Lipinski definition) is 2. The number of nitrogens with zero attached hydrogens (tertiary/aromatic N) is 1. The van der Waals surface area contributed by atoms with E-state index in [1.807, 2.05) is 6.92 Å². The first-order valence-electron chi connectivity index (χ1n) is 7.79. The summed E-state index contributed by atoms with van der Waals surface area (Å²) in [6.45, 7) is 9.26. The summed E-state index contributed by atoms with van der Waals surface area (Å²) in [7, 11) is 0. The predicted molar refractivity (Wildman–Crippen MR) is 80.0 cm³/mol. The number of carbonyl (C=O) groups excluding carboxylic acids is 1. The van der Waals surface area contributed by atoms with Crippen LogP contribution < -0.4 is 11.1 Å². The lowest BCUT2D eigenvalue weighted by Gasteiger charge is -2.47. The van der Waals surface area contributed by atoms with Crippen molar-refractivity contribution in [1.29, 1.82) is 0 Å². The van der Waals surface area contributed by atoms with Crippen LogP contribution in [-0.2, 0) is 4.79 Å². The van der Waals surface area contributed by atoms with Crippen LogP contribution in [0.25, 0.3) is 0 Å². The number of likely N-dealkylation sites (N-methyl/N-ethyl adjacent to an activating group) is 1. The Morgan fingerprint density at radius 1 is 1.37 bits per heavy atom. The van der Waals surface area contributed by atoms with E-state index in [-0.39, 0.29) is 11.4 Å². The molecule has 1 amide bonds. The van der Waals surface area contributed by atoms with E-state index in [9.17, 15) is 4.79 Å². The summed E-state index contributed by atoms with van der Waals surface area (Å²) in [5.41, 5.74) is 6.14. The van der Waals surface area contributed by atoms with Crippen molar-refractivity contribution in [2.75, 3.05) is 26.2 Å². The monoisotopic (exact) mass is 269 g/mol. The minimum atomic E-state index is 0.0492. The number of nitrogens with two attached hydrogens (primary N) is 1. The molecule has 4 heteroatoms. The van der Waals surface area contributed by atoms with Gasteiger partial charge in [0.15, 0.2) is 0 Å². The van der Waals surface area contributed by atoms with Crippen LogP contribution in [-0.4, -0.2) is 42.5 Å². The minimum absolute atomic E-state index is 0.0492. The maximum absolute atomic E-state index is 11.9. The standard InChI is InChI=1S/C15H31N3O/c1-4-10-18(11-14(19)17-5-2)15(12-16)8-6-13(3)7-9-15/h13H,4-12,16H2,1-3H3,(H,17,19). The molecular weight excluding hydrogens is 238 g/mol. The van der Waals surface area contributed by atoms with Crippen molar-refractivity contribution in [3.8, 4) is 0 Å². The zero-order valence-corrected chi connectivity index (χ0v) is 12.9. The van der Waals surface area contributed by atoms with Gasteiger partial charge in [-0.15, -0.1) is 0 Å². The van der Waals surface area contributed by atoms with Crippen molar-refractivity contribution in [2.45, 2.75) is 58.4 Å². The summed E-state index contributed by atoms with van der Waals surface area (Å²) in [5.74, 6) is 0.926. The Bertz CT molecular complexity index is 273. The third-order valence-corrected chi connectivity index (χ3v) is 4.46. The summed E-state index contributed by atoms with van der Waals surface area (Å²) in [5, 5.41) is 2.90. The number of nitrogens with one attached hydrogen (secondary N) is 1. The van der Waals surface area contributed by atoms with Crippen molar-refractivity contribution in [1.82, 2.24) is 10.2 Å². The van der Waals surface area contributed by atoms with E-state index >= 15 is 0 Å². The maximum atomic E-state index is 11.9. The molecule has 1 aliphatic carbocycles. The third kappa shape index (κ3) is 4.46. The lowest BCUT2D eigenvalue weighted by molar-refractivity contribution is -0.124. The fourth-order valence-corrected chi connectivity index (χ4v) is 3.13. The molecule has 0 aliphatic heterocycles. The molecule has 1 saturated carbocycles. The molecule has 1 aliphatic rings. The molecule has 0 aromatic heterocycles. The molecule has 1 rings (SSSR count). The molecule has 0 aromatic carbocycles. The van der Waals surface area contributed by atoms with Crippen LogP contribution in [0.3, 0.4) is 0 Å². The first-order valence-corrected chi connectivity index (χ1v) is 7.79. The molecule has 0 heterocycles. The van der Waals surface area contributed by atoms with Crippen molar-refractivity contribution < 1.29 is 4.79 Å². The van der Waals surface area contributed by atoms with Crippen LogP contribution in [0.4, 0.5) is 0 Å². The summed E-state index contributed by atoms with van der Waals surface area (Å²) >= 11 is 0. The smallest absolute Gasteiger partial charge is 0.234 e. The van der Waals surface area contributed by atoms with Gasteiger partial charge in [-0.25, -0.2) is 0 Å². The van der Waals surface area contributed by atoms with Crippen LogP contribution in [0.1, 0.15) is 52.9 Å². The van der Waals surface area contributed by atoms with Crippen molar-refractivity contribution >= 4 is 5.91 Å². The number of amides is 1. The molecule has 0 atom stereocenters. The molecule has 0 radical (unpaired) electrons. The Morgan fingerprint density at radius 3 is 2.47 bits per heavy atom. The SMILES string of the molecule is CCCN(CC(=O)NCC)C1(CN)CCC(C)CC1. The summed E-state index contributed by atoms with van der Waals surface area (Å²) < 4.78 is 0. The number of hydrogen-bond acceptors (Lipinski definition) is 3. The lowest BCUT2D eigenvalue weighted by Crippen LogP contribution is -2.58. The molecule has 0 saturated heterocycles. The van der Waals surface area contributed by atoms with Gasteiger partial charge >= 0.3 is 0 Å². The topological polar surface area (TPSA) is 58.4 Å². The molecule has 4 nitrogen and oxygen atoms in total. The fraction of sp³-hybridized carbons (Fsp3) is 0.933. The van der Waals surface area contributed by atoms with Crippen LogP contribution in [0.15, 0.2) is 0 Å². The van der Waals surface area contributed by atoms with Crippen LogP contribution in [0.5, 0.6) is 0 Å². The number of carbonyl (C=O) groups is 1. The van der Waals surface area contributed by atoms with Crippen molar-refractivity contribution in [3.63, 3.8) is 0 Å². The Balaban J connectivity index is 2.73. The Hall–Kier alpha value is -0.610. The zero-order valence-electron chi connectivity index (χ0n) is 12.9. The maximum Gasteiger partial charge on any atom is 0.234 e. The van der Waals surface area contributed by atoms with E-state index in [1.165, 1.54) is 12.8 Å². The van der Waals surface area contributed by atoms with Gasteiger partial charge in [0.25, 0.3) is 0 Å². The molecule has 112 valence electrons. The molecule has 3 N–H and O–H groups in total. The third-order valence-electron chi connectivity index (χ3n) is 4.46. The molecule has 1 fully saturated rings. The number of rotatable bonds is 7. The van der Waals surface area contributed by atoms with Crippen LogP contribution in [0.2, 0.25) is 0 Å². The highest BCUT2D eigenvalue weighted by Crippen LogP contribution is 2.35. The van der Waals surface area contributed by atoms with Gasteiger partial charge in [-0.3, -0.25) is 9.69 Å². The van der Waals surface area contributed by atoms with Gasteiger partial charge in [0.2, 0.25) is 5.91 Å². The van der Waals surface area contributed by atoms with Crippen molar-refractivity contribution in [3.05, 3.63) is 0 Å². The van der Waals surface area contributed by atoms with E-state index in [0.29, 0.717) is 19.6 Å². The molecular formula is C15H31N3O. The average Bonchev–Trinajstić information content (AvgIpc) is 2.40. The average molecular weight is 269 g/mol. The molecule has 0 aromatic rings. The van der Waals surface area contributed by atoms with Gasteiger partial charge in [0.1, 0.15) is 0 Å². The highest BCUT2D eigenvalue weighted by atomic mass is 16.2. The van der Waals surface area contributed by atoms with Gasteiger partial charge in [-0.2, -0.15) is 0 Å². The second-order valence-electron chi connectivity index (χ2n) is 5.99. The highest BCUT2D eigenvalue weighted by Gasteiger charge is 2.38. The lowest BCUT2D eigenvalue weighted by atomic mass is 9.76. The van der Waals surface area contributed by atoms with Crippen molar-refractivity contribution in [2.24, 2.45) is 11.7 Å². The first kappa shape index (κ1) is 16.4.